The molecule has 6 heteroatoms. The Morgan fingerprint density at radius 3 is 2.25 bits per heavy atom. The fraction of sp³-hybridized carbons (Fsp3) is 0.364. The second-order valence-corrected chi connectivity index (χ2v) is 7.75. The van der Waals surface area contributed by atoms with Gasteiger partial charge in [-0.05, 0) is 41.2 Å². The van der Waals surface area contributed by atoms with Gasteiger partial charge in [-0.15, -0.1) is 12.4 Å². The molecular formula is C22H29ClN2O3. The van der Waals surface area contributed by atoms with Crippen molar-refractivity contribution >= 4 is 30.0 Å². The quantitative estimate of drug-likeness (QED) is 0.574. The molecule has 0 bridgehead atoms. The molecule has 28 heavy (non-hydrogen) atoms. The van der Waals surface area contributed by atoms with Crippen molar-refractivity contribution in [2.75, 3.05) is 12.8 Å². The third-order valence-corrected chi connectivity index (χ3v) is 4.59. The molecule has 2 rings (SSSR count). The molecule has 0 aromatic heterocycles. The standard InChI is InChI=1S/C22H28N2O3.ClH/c1-14-6-11-17(23)12-18(14)21(26)24-19(13-20(25)27-5)15-7-9-16(10-8-15)22(2,3)4;/h6-12,19H,13,23H2,1-5H3,(H,24,26);1H. The van der Waals surface area contributed by atoms with Gasteiger partial charge in [0.25, 0.3) is 5.91 Å². The molecule has 0 aliphatic rings. The Balaban J connectivity index is 0.00000392. The predicted octanol–water partition coefficient (Wildman–Crippen LogP) is 4.33. The monoisotopic (exact) mass is 404 g/mol. The molecule has 0 fully saturated rings. The van der Waals surface area contributed by atoms with Gasteiger partial charge < -0.3 is 15.8 Å². The Morgan fingerprint density at radius 1 is 1.11 bits per heavy atom. The summed E-state index contributed by atoms with van der Waals surface area (Å²) >= 11 is 0. The second-order valence-electron chi connectivity index (χ2n) is 7.75. The van der Waals surface area contributed by atoms with Gasteiger partial charge in [-0.1, -0.05) is 51.1 Å². The van der Waals surface area contributed by atoms with Gasteiger partial charge in [-0.3, -0.25) is 9.59 Å². The number of aryl methyl sites for hydroxylation is 1. The van der Waals surface area contributed by atoms with Gasteiger partial charge in [0.15, 0.2) is 0 Å². The Kier molecular flexibility index (Phi) is 8.06. The van der Waals surface area contributed by atoms with Crippen LogP contribution in [0.1, 0.15) is 60.3 Å². The zero-order valence-corrected chi connectivity index (χ0v) is 17.9. The normalized spacial score (nSPS) is 11.9. The van der Waals surface area contributed by atoms with Crippen molar-refractivity contribution in [2.24, 2.45) is 0 Å². The third-order valence-electron chi connectivity index (χ3n) is 4.59. The van der Waals surface area contributed by atoms with E-state index in [1.165, 1.54) is 12.7 Å². The van der Waals surface area contributed by atoms with Crippen molar-refractivity contribution in [3.8, 4) is 0 Å². The Morgan fingerprint density at radius 2 is 1.71 bits per heavy atom. The van der Waals surface area contributed by atoms with E-state index in [1.54, 1.807) is 18.2 Å². The summed E-state index contributed by atoms with van der Waals surface area (Å²) in [4.78, 5) is 24.6. The molecule has 1 atom stereocenters. The highest BCUT2D eigenvalue weighted by Crippen LogP contribution is 2.26. The van der Waals surface area contributed by atoms with Gasteiger partial charge in [0, 0.05) is 11.3 Å². The van der Waals surface area contributed by atoms with E-state index >= 15 is 0 Å². The topological polar surface area (TPSA) is 81.4 Å². The van der Waals surface area contributed by atoms with Crippen molar-refractivity contribution in [2.45, 2.75) is 45.6 Å². The number of nitrogens with one attached hydrogen (secondary N) is 1. The van der Waals surface area contributed by atoms with Crippen LogP contribution in [0.3, 0.4) is 0 Å². The van der Waals surface area contributed by atoms with Gasteiger partial charge in [0.05, 0.1) is 19.6 Å². The number of hydrogen-bond donors (Lipinski definition) is 2. The average Bonchev–Trinajstić information content (AvgIpc) is 2.62. The van der Waals surface area contributed by atoms with Crippen molar-refractivity contribution in [1.29, 1.82) is 0 Å². The number of nitrogens with two attached hydrogens (primary N) is 1. The number of benzene rings is 2. The van der Waals surface area contributed by atoms with Crippen LogP contribution in [0.25, 0.3) is 0 Å². The van der Waals surface area contributed by atoms with E-state index in [0.717, 1.165) is 11.1 Å². The summed E-state index contributed by atoms with van der Waals surface area (Å²) in [6, 6.07) is 12.7. The molecule has 0 saturated carbocycles. The summed E-state index contributed by atoms with van der Waals surface area (Å²) in [6.07, 6.45) is 0.0540. The maximum Gasteiger partial charge on any atom is 0.307 e. The number of esters is 1. The van der Waals surface area contributed by atoms with Crippen molar-refractivity contribution in [1.82, 2.24) is 5.32 Å². The lowest BCUT2D eigenvalue weighted by atomic mass is 9.86. The molecule has 0 spiro atoms. The van der Waals surface area contributed by atoms with Crippen molar-refractivity contribution < 1.29 is 14.3 Å². The van der Waals surface area contributed by atoms with Crippen LogP contribution in [0.15, 0.2) is 42.5 Å². The van der Waals surface area contributed by atoms with Crippen LogP contribution in [0.5, 0.6) is 0 Å². The lowest BCUT2D eigenvalue weighted by Gasteiger charge is -2.22. The Labute approximate surface area is 173 Å². The molecule has 0 saturated heterocycles. The van der Waals surface area contributed by atoms with Gasteiger partial charge in [-0.25, -0.2) is 0 Å². The Hall–Kier alpha value is -2.53. The van der Waals surface area contributed by atoms with Gasteiger partial charge in [0.1, 0.15) is 0 Å². The number of anilines is 1. The third kappa shape index (κ3) is 5.99. The molecule has 2 aromatic rings. The van der Waals surface area contributed by atoms with E-state index < -0.39 is 6.04 Å². The molecule has 2 aromatic carbocycles. The maximum atomic E-state index is 12.8. The summed E-state index contributed by atoms with van der Waals surface area (Å²) in [5.74, 6) is -0.655. The van der Waals surface area contributed by atoms with E-state index in [9.17, 15) is 9.59 Å². The summed E-state index contributed by atoms with van der Waals surface area (Å²) < 4.78 is 4.80. The molecule has 1 amide bonds. The zero-order valence-electron chi connectivity index (χ0n) is 17.0. The molecule has 152 valence electrons. The van der Waals surface area contributed by atoms with Crippen molar-refractivity contribution in [3.63, 3.8) is 0 Å². The number of ether oxygens (including phenoxy) is 1. The minimum atomic E-state index is -0.486. The van der Waals surface area contributed by atoms with E-state index in [2.05, 4.69) is 26.1 Å². The largest absolute Gasteiger partial charge is 0.469 e. The number of rotatable bonds is 5. The summed E-state index contributed by atoms with van der Waals surface area (Å²) in [5.41, 5.74) is 9.71. The number of halogens is 1. The van der Waals surface area contributed by atoms with E-state index in [4.69, 9.17) is 10.5 Å². The summed E-state index contributed by atoms with van der Waals surface area (Å²) in [7, 11) is 1.34. The Bertz CT molecular complexity index is 827. The molecule has 0 heterocycles. The number of carbonyl (C=O) groups is 2. The molecule has 0 radical (unpaired) electrons. The first-order valence-corrected chi connectivity index (χ1v) is 8.96. The summed E-state index contributed by atoms with van der Waals surface area (Å²) in [6.45, 7) is 8.26. The SMILES string of the molecule is COC(=O)CC(NC(=O)c1cc(N)ccc1C)c1ccc(C(C)(C)C)cc1.Cl. The smallest absolute Gasteiger partial charge is 0.307 e. The average molecular weight is 405 g/mol. The number of methoxy groups -OCH3 is 1. The highest BCUT2D eigenvalue weighted by molar-refractivity contribution is 5.97. The summed E-state index contributed by atoms with van der Waals surface area (Å²) in [5, 5.41) is 2.95. The lowest BCUT2D eigenvalue weighted by Crippen LogP contribution is -2.31. The number of amides is 1. The predicted molar refractivity (Wildman–Crippen MR) is 115 cm³/mol. The van der Waals surface area contributed by atoms with E-state index in [-0.39, 0.29) is 36.1 Å². The molecule has 3 N–H and O–H groups in total. The fourth-order valence-electron chi connectivity index (χ4n) is 2.84. The molecular weight excluding hydrogens is 376 g/mol. The van der Waals surface area contributed by atoms with Gasteiger partial charge in [0.2, 0.25) is 0 Å². The van der Waals surface area contributed by atoms with Crippen LogP contribution in [-0.2, 0) is 14.9 Å². The molecule has 5 nitrogen and oxygen atoms in total. The first kappa shape index (κ1) is 23.5. The van der Waals surface area contributed by atoms with Crippen LogP contribution in [0.2, 0.25) is 0 Å². The number of carbonyl (C=O) groups excluding carboxylic acids is 2. The first-order chi connectivity index (χ1) is 12.6. The fourth-order valence-corrected chi connectivity index (χ4v) is 2.84. The van der Waals surface area contributed by atoms with Crippen LogP contribution >= 0.6 is 12.4 Å². The maximum absolute atomic E-state index is 12.8. The molecule has 1 unspecified atom stereocenters. The van der Waals surface area contributed by atoms with Crippen LogP contribution in [0.4, 0.5) is 5.69 Å². The van der Waals surface area contributed by atoms with Crippen molar-refractivity contribution in [3.05, 3.63) is 64.7 Å². The lowest BCUT2D eigenvalue weighted by molar-refractivity contribution is -0.141. The number of nitrogen functional groups attached to an aromatic ring is 1. The van der Waals surface area contributed by atoms with Crippen LogP contribution in [0, 0.1) is 6.92 Å². The minimum absolute atomic E-state index is 0. The van der Waals surface area contributed by atoms with Crippen LogP contribution in [-0.4, -0.2) is 19.0 Å². The molecule has 0 aliphatic heterocycles. The van der Waals surface area contributed by atoms with Gasteiger partial charge >= 0.3 is 5.97 Å². The van der Waals surface area contributed by atoms with E-state index in [0.29, 0.717) is 11.3 Å². The minimum Gasteiger partial charge on any atom is -0.469 e. The molecule has 0 aliphatic carbocycles. The van der Waals surface area contributed by atoms with Crippen LogP contribution < -0.4 is 11.1 Å². The van der Waals surface area contributed by atoms with Gasteiger partial charge in [-0.2, -0.15) is 0 Å². The highest BCUT2D eigenvalue weighted by atomic mass is 35.5. The number of hydrogen-bond acceptors (Lipinski definition) is 4. The zero-order chi connectivity index (χ0) is 20.2. The second kappa shape index (κ2) is 9.60. The first-order valence-electron chi connectivity index (χ1n) is 8.96. The highest BCUT2D eigenvalue weighted by Gasteiger charge is 2.22. The van der Waals surface area contributed by atoms with E-state index in [1.807, 2.05) is 31.2 Å².